The van der Waals surface area contributed by atoms with Crippen LogP contribution in [0.2, 0.25) is 0 Å². The van der Waals surface area contributed by atoms with E-state index in [1.807, 2.05) is 0 Å². The van der Waals surface area contributed by atoms with Gasteiger partial charge in [-0.05, 0) is 75.3 Å². The van der Waals surface area contributed by atoms with Crippen LogP contribution in [0, 0.1) is 17.7 Å². The lowest BCUT2D eigenvalue weighted by atomic mass is 9.94. The second kappa shape index (κ2) is 10.9. The van der Waals surface area contributed by atoms with Crippen LogP contribution in [0.3, 0.4) is 0 Å². The third-order valence-electron chi connectivity index (χ3n) is 6.04. The minimum absolute atomic E-state index is 0.181. The Balaban J connectivity index is 1.38. The summed E-state index contributed by atoms with van der Waals surface area (Å²) in [6, 6.07) is 4.84. The Kier molecular flexibility index (Phi) is 8.31. The Bertz CT molecular complexity index is 715. The van der Waals surface area contributed by atoms with Crippen molar-refractivity contribution >= 4 is 0 Å². The smallest absolute Gasteiger partial charge is 0.123 e. The molecule has 4 atom stereocenters. The zero-order chi connectivity index (χ0) is 20.6. The third-order valence-corrected chi connectivity index (χ3v) is 6.04. The van der Waals surface area contributed by atoms with Crippen LogP contribution >= 0.6 is 0 Å². The molecule has 0 saturated heterocycles. The molecule has 2 heterocycles. The van der Waals surface area contributed by atoms with Crippen molar-refractivity contribution in [1.29, 1.82) is 0 Å². The first-order valence-electron chi connectivity index (χ1n) is 11.1. The molecule has 3 nitrogen and oxygen atoms in total. The second-order valence-corrected chi connectivity index (χ2v) is 8.74. The molecule has 1 N–H and O–H groups in total. The topological polar surface area (TPSA) is 30.5 Å². The van der Waals surface area contributed by atoms with Gasteiger partial charge in [-0.3, -0.25) is 0 Å². The summed E-state index contributed by atoms with van der Waals surface area (Å²) in [6.07, 6.45) is 12.3. The van der Waals surface area contributed by atoms with E-state index in [0.717, 1.165) is 50.1 Å². The molecule has 2 aliphatic heterocycles. The lowest BCUT2D eigenvalue weighted by molar-refractivity contribution is 0.0570. The van der Waals surface area contributed by atoms with Crippen molar-refractivity contribution in [2.24, 2.45) is 11.8 Å². The molecule has 0 fully saturated rings. The van der Waals surface area contributed by atoms with Gasteiger partial charge in [0, 0.05) is 12.5 Å². The van der Waals surface area contributed by atoms with Crippen molar-refractivity contribution in [2.75, 3.05) is 19.7 Å². The van der Waals surface area contributed by atoms with Gasteiger partial charge in [-0.2, -0.15) is 0 Å². The fraction of sp³-hybridized carbons (Fsp3) is 0.600. The molecular formula is C25H36FNO2. The summed E-state index contributed by atoms with van der Waals surface area (Å²) in [5.74, 6) is 1.67. The molecule has 29 heavy (non-hydrogen) atoms. The maximum atomic E-state index is 13.4. The van der Waals surface area contributed by atoms with Gasteiger partial charge in [-0.1, -0.05) is 37.6 Å². The van der Waals surface area contributed by atoms with E-state index in [2.05, 4.69) is 44.3 Å². The van der Waals surface area contributed by atoms with E-state index in [1.165, 1.54) is 18.1 Å². The first-order chi connectivity index (χ1) is 14.0. The summed E-state index contributed by atoms with van der Waals surface area (Å²) in [5, 5.41) is 3.60. The SMILES string of the molecule is CC1=CC(C)CCC(CCNCC(C)C2CCc3cc(F)ccc3O2)OCC=C1. The molecule has 0 aliphatic carbocycles. The fourth-order valence-electron chi connectivity index (χ4n) is 4.28. The summed E-state index contributed by atoms with van der Waals surface area (Å²) in [7, 11) is 0. The number of ether oxygens (including phenoxy) is 2. The highest BCUT2D eigenvalue weighted by molar-refractivity contribution is 5.35. The van der Waals surface area contributed by atoms with E-state index < -0.39 is 0 Å². The highest BCUT2D eigenvalue weighted by atomic mass is 19.1. The Morgan fingerprint density at radius 2 is 2.10 bits per heavy atom. The zero-order valence-electron chi connectivity index (χ0n) is 18.1. The molecule has 2 aliphatic rings. The van der Waals surface area contributed by atoms with Gasteiger partial charge in [0.2, 0.25) is 0 Å². The highest BCUT2D eigenvalue weighted by Crippen LogP contribution is 2.30. The summed E-state index contributed by atoms with van der Waals surface area (Å²) >= 11 is 0. The standard InChI is InChI=1S/C25H36FNO2/c1-18-5-4-14-28-23(9-6-19(2)15-18)12-13-27-17-20(3)24-10-7-21-16-22(26)8-11-25(21)29-24/h4-5,8,11,15-16,19-20,23-24,27H,6-7,9-10,12-14,17H2,1-3H3. The summed E-state index contributed by atoms with van der Waals surface area (Å²) in [6.45, 7) is 9.24. The molecule has 0 saturated carbocycles. The van der Waals surface area contributed by atoms with Crippen molar-refractivity contribution < 1.29 is 13.9 Å². The van der Waals surface area contributed by atoms with Crippen molar-refractivity contribution in [2.45, 2.75) is 65.1 Å². The minimum atomic E-state index is -0.181. The first kappa shape index (κ1) is 22.0. The van der Waals surface area contributed by atoms with Crippen LogP contribution in [0.5, 0.6) is 5.75 Å². The Hall–Kier alpha value is -1.65. The number of aryl methyl sites for hydroxylation is 1. The number of hydrogen-bond acceptors (Lipinski definition) is 3. The van der Waals surface area contributed by atoms with Crippen LogP contribution in [-0.2, 0) is 11.2 Å². The van der Waals surface area contributed by atoms with Crippen LogP contribution in [-0.4, -0.2) is 31.9 Å². The molecule has 0 aromatic heterocycles. The van der Waals surface area contributed by atoms with Crippen LogP contribution in [0.4, 0.5) is 4.39 Å². The van der Waals surface area contributed by atoms with Crippen molar-refractivity contribution in [3.05, 3.63) is 53.4 Å². The lowest BCUT2D eigenvalue weighted by Crippen LogP contribution is -2.36. The summed E-state index contributed by atoms with van der Waals surface area (Å²) in [5.41, 5.74) is 2.32. The summed E-state index contributed by atoms with van der Waals surface area (Å²) in [4.78, 5) is 0. The number of allylic oxidation sites excluding steroid dienone is 3. The molecule has 0 radical (unpaired) electrons. The van der Waals surface area contributed by atoms with Gasteiger partial charge in [0.1, 0.15) is 17.7 Å². The molecule has 0 spiro atoms. The predicted octanol–water partition coefficient (Wildman–Crippen LogP) is 5.45. The molecule has 160 valence electrons. The molecular weight excluding hydrogens is 365 g/mol. The van der Waals surface area contributed by atoms with E-state index in [9.17, 15) is 4.39 Å². The number of nitrogens with one attached hydrogen (secondary N) is 1. The van der Waals surface area contributed by atoms with Crippen molar-refractivity contribution in [3.8, 4) is 5.75 Å². The minimum Gasteiger partial charge on any atom is -0.490 e. The zero-order valence-corrected chi connectivity index (χ0v) is 18.1. The number of rotatable bonds is 6. The number of benzene rings is 1. The van der Waals surface area contributed by atoms with E-state index in [4.69, 9.17) is 9.47 Å². The Morgan fingerprint density at radius 1 is 1.24 bits per heavy atom. The van der Waals surface area contributed by atoms with E-state index >= 15 is 0 Å². The van der Waals surface area contributed by atoms with Gasteiger partial charge >= 0.3 is 0 Å². The lowest BCUT2D eigenvalue weighted by Gasteiger charge is -2.30. The number of fused-ring (bicyclic) bond motifs is 1. The van der Waals surface area contributed by atoms with Crippen LogP contribution < -0.4 is 10.1 Å². The average Bonchev–Trinajstić information content (AvgIpc) is 2.70. The molecule has 1 aromatic rings. The van der Waals surface area contributed by atoms with E-state index in [0.29, 0.717) is 24.5 Å². The quantitative estimate of drug-likeness (QED) is 0.643. The van der Waals surface area contributed by atoms with Crippen LogP contribution in [0.25, 0.3) is 0 Å². The maximum Gasteiger partial charge on any atom is 0.123 e. The largest absolute Gasteiger partial charge is 0.490 e. The second-order valence-electron chi connectivity index (χ2n) is 8.74. The van der Waals surface area contributed by atoms with E-state index in [1.54, 1.807) is 12.1 Å². The average molecular weight is 402 g/mol. The molecule has 0 bridgehead atoms. The highest BCUT2D eigenvalue weighted by Gasteiger charge is 2.25. The maximum absolute atomic E-state index is 13.4. The summed E-state index contributed by atoms with van der Waals surface area (Å²) < 4.78 is 25.6. The number of hydrogen-bond donors (Lipinski definition) is 1. The molecule has 3 rings (SSSR count). The van der Waals surface area contributed by atoms with Gasteiger partial charge in [0.15, 0.2) is 0 Å². The third kappa shape index (κ3) is 6.97. The number of halogens is 1. The molecule has 1 aromatic carbocycles. The van der Waals surface area contributed by atoms with Crippen molar-refractivity contribution in [1.82, 2.24) is 5.32 Å². The van der Waals surface area contributed by atoms with Gasteiger partial charge < -0.3 is 14.8 Å². The normalized spacial score (nSPS) is 26.2. The molecule has 4 heteroatoms. The fourth-order valence-corrected chi connectivity index (χ4v) is 4.28. The Labute approximate surface area is 175 Å². The monoisotopic (exact) mass is 401 g/mol. The van der Waals surface area contributed by atoms with Gasteiger partial charge in [-0.25, -0.2) is 4.39 Å². The Morgan fingerprint density at radius 3 is 2.97 bits per heavy atom. The van der Waals surface area contributed by atoms with E-state index in [-0.39, 0.29) is 11.9 Å². The van der Waals surface area contributed by atoms with Gasteiger partial charge in [0.05, 0.1) is 12.7 Å². The van der Waals surface area contributed by atoms with Gasteiger partial charge in [0.25, 0.3) is 0 Å². The van der Waals surface area contributed by atoms with Crippen molar-refractivity contribution in [3.63, 3.8) is 0 Å². The molecule has 0 amide bonds. The van der Waals surface area contributed by atoms with Crippen LogP contribution in [0.15, 0.2) is 42.0 Å². The molecule has 4 unspecified atom stereocenters. The van der Waals surface area contributed by atoms with Crippen LogP contribution in [0.1, 0.15) is 52.0 Å². The van der Waals surface area contributed by atoms with Gasteiger partial charge in [-0.15, -0.1) is 0 Å². The first-order valence-corrected chi connectivity index (χ1v) is 11.1. The predicted molar refractivity (Wildman–Crippen MR) is 117 cm³/mol.